The maximum Gasteiger partial charge on any atom is 0.358 e. The monoisotopic (exact) mass is 357 g/mol. The molecule has 2 aliphatic heterocycles. The third-order valence-corrected chi connectivity index (χ3v) is 4.61. The number of amides is 1. The number of esters is 1. The fourth-order valence-electron chi connectivity index (χ4n) is 3.19. The molecule has 8 heteroatoms. The van der Waals surface area contributed by atoms with Gasteiger partial charge in [-0.3, -0.25) is 9.48 Å². The third kappa shape index (κ3) is 3.10. The molecule has 0 radical (unpaired) electrons. The lowest BCUT2D eigenvalue weighted by atomic mass is 10.1. The van der Waals surface area contributed by atoms with Crippen molar-refractivity contribution in [1.82, 2.24) is 14.7 Å². The Bertz CT molecular complexity index is 861. The first-order chi connectivity index (χ1) is 12.6. The van der Waals surface area contributed by atoms with Crippen LogP contribution < -0.4 is 9.47 Å². The Kier molecular flexibility index (Phi) is 4.24. The molecule has 1 amide bonds. The Morgan fingerprint density at radius 1 is 1.19 bits per heavy atom. The molecule has 0 spiro atoms. The molecule has 0 fully saturated rings. The van der Waals surface area contributed by atoms with Gasteiger partial charge in [0.2, 0.25) is 12.7 Å². The second-order valence-corrected chi connectivity index (χ2v) is 6.24. The Balaban J connectivity index is 1.37. The number of aromatic nitrogens is 2. The van der Waals surface area contributed by atoms with E-state index in [2.05, 4.69) is 5.10 Å². The SMILES string of the molecule is COC(=O)c1cc2n(n1)CCN(C(=O)CCc1ccc3c(c1)OCO3)C2. The van der Waals surface area contributed by atoms with Crippen molar-refractivity contribution in [3.05, 3.63) is 41.2 Å². The number of hydrogen-bond donors (Lipinski definition) is 0. The Morgan fingerprint density at radius 3 is 2.88 bits per heavy atom. The highest BCUT2D eigenvalue weighted by molar-refractivity contribution is 5.87. The normalized spacial score (nSPS) is 14.9. The molecule has 0 unspecified atom stereocenters. The first-order valence-electron chi connectivity index (χ1n) is 8.45. The van der Waals surface area contributed by atoms with Crippen LogP contribution in [0, 0.1) is 0 Å². The van der Waals surface area contributed by atoms with Gasteiger partial charge in [0.1, 0.15) is 0 Å². The first kappa shape index (κ1) is 16.4. The van der Waals surface area contributed by atoms with Gasteiger partial charge in [-0.05, 0) is 30.2 Å². The number of rotatable bonds is 4. The van der Waals surface area contributed by atoms with E-state index in [0.29, 0.717) is 32.5 Å². The smallest absolute Gasteiger partial charge is 0.358 e. The van der Waals surface area contributed by atoms with Crippen LogP contribution in [0.2, 0.25) is 0 Å². The van der Waals surface area contributed by atoms with Crippen LogP contribution in [0.25, 0.3) is 0 Å². The molecule has 0 bridgehead atoms. The number of aryl methyl sites for hydroxylation is 1. The molecular weight excluding hydrogens is 338 g/mol. The van der Waals surface area contributed by atoms with Crippen molar-refractivity contribution in [2.45, 2.75) is 25.9 Å². The topological polar surface area (TPSA) is 82.9 Å². The van der Waals surface area contributed by atoms with Gasteiger partial charge in [-0.25, -0.2) is 4.79 Å². The summed E-state index contributed by atoms with van der Waals surface area (Å²) in [5, 5.41) is 4.22. The number of methoxy groups -OCH3 is 1. The maximum atomic E-state index is 12.6. The number of hydrogen-bond acceptors (Lipinski definition) is 6. The molecule has 8 nitrogen and oxygen atoms in total. The molecular formula is C18H19N3O5. The lowest BCUT2D eigenvalue weighted by Gasteiger charge is -2.27. The summed E-state index contributed by atoms with van der Waals surface area (Å²) in [5.41, 5.74) is 2.16. The van der Waals surface area contributed by atoms with Crippen LogP contribution >= 0.6 is 0 Å². The molecule has 0 atom stereocenters. The summed E-state index contributed by atoms with van der Waals surface area (Å²) in [4.78, 5) is 25.9. The highest BCUT2D eigenvalue weighted by Crippen LogP contribution is 2.32. The van der Waals surface area contributed by atoms with E-state index in [1.165, 1.54) is 7.11 Å². The largest absolute Gasteiger partial charge is 0.464 e. The number of fused-ring (bicyclic) bond motifs is 2. The zero-order valence-corrected chi connectivity index (χ0v) is 14.4. The Morgan fingerprint density at radius 2 is 2.04 bits per heavy atom. The number of carbonyl (C=O) groups is 2. The van der Waals surface area contributed by atoms with E-state index < -0.39 is 5.97 Å². The van der Waals surface area contributed by atoms with Gasteiger partial charge in [-0.15, -0.1) is 0 Å². The lowest BCUT2D eigenvalue weighted by Crippen LogP contribution is -2.38. The number of benzene rings is 1. The summed E-state index contributed by atoms with van der Waals surface area (Å²) < 4.78 is 17.1. The highest BCUT2D eigenvalue weighted by Gasteiger charge is 2.24. The van der Waals surface area contributed by atoms with Gasteiger partial charge in [0.25, 0.3) is 0 Å². The molecule has 3 heterocycles. The maximum absolute atomic E-state index is 12.6. The van der Waals surface area contributed by atoms with Crippen molar-refractivity contribution in [2.75, 3.05) is 20.4 Å². The van der Waals surface area contributed by atoms with E-state index in [1.54, 1.807) is 15.6 Å². The first-order valence-corrected chi connectivity index (χ1v) is 8.45. The molecule has 4 rings (SSSR count). The summed E-state index contributed by atoms with van der Waals surface area (Å²) in [7, 11) is 1.33. The highest BCUT2D eigenvalue weighted by atomic mass is 16.7. The average Bonchev–Trinajstić information content (AvgIpc) is 3.30. The number of nitrogens with zero attached hydrogens (tertiary/aromatic N) is 3. The van der Waals surface area contributed by atoms with E-state index in [9.17, 15) is 9.59 Å². The predicted octanol–water partition coefficient (Wildman–Crippen LogP) is 1.37. The van der Waals surface area contributed by atoms with Crippen LogP contribution in [0.15, 0.2) is 24.3 Å². The van der Waals surface area contributed by atoms with Gasteiger partial charge < -0.3 is 19.1 Å². The fourth-order valence-corrected chi connectivity index (χ4v) is 3.19. The van der Waals surface area contributed by atoms with Gasteiger partial charge in [0, 0.05) is 13.0 Å². The summed E-state index contributed by atoms with van der Waals surface area (Å²) in [6.45, 7) is 1.84. The van der Waals surface area contributed by atoms with Gasteiger partial charge in [-0.1, -0.05) is 6.07 Å². The van der Waals surface area contributed by atoms with Crippen molar-refractivity contribution >= 4 is 11.9 Å². The zero-order chi connectivity index (χ0) is 18.1. The van der Waals surface area contributed by atoms with Crippen molar-refractivity contribution in [3.63, 3.8) is 0 Å². The average molecular weight is 357 g/mol. The Hall–Kier alpha value is -3.03. The molecule has 2 aliphatic rings. The van der Waals surface area contributed by atoms with Crippen molar-refractivity contribution < 1.29 is 23.8 Å². The van der Waals surface area contributed by atoms with Crippen molar-refractivity contribution in [2.24, 2.45) is 0 Å². The van der Waals surface area contributed by atoms with E-state index in [1.807, 2.05) is 18.2 Å². The second-order valence-electron chi connectivity index (χ2n) is 6.24. The van der Waals surface area contributed by atoms with E-state index in [4.69, 9.17) is 14.2 Å². The molecule has 1 aromatic carbocycles. The molecule has 2 aromatic rings. The minimum atomic E-state index is -0.465. The minimum Gasteiger partial charge on any atom is -0.464 e. The third-order valence-electron chi connectivity index (χ3n) is 4.61. The van der Waals surface area contributed by atoms with E-state index in [0.717, 1.165) is 22.8 Å². The zero-order valence-electron chi connectivity index (χ0n) is 14.4. The summed E-state index contributed by atoms with van der Waals surface area (Å²) in [6.07, 6.45) is 1.05. The Labute approximate surface area is 150 Å². The molecule has 26 heavy (non-hydrogen) atoms. The summed E-state index contributed by atoms with van der Waals surface area (Å²) in [6, 6.07) is 7.43. The molecule has 136 valence electrons. The van der Waals surface area contributed by atoms with Crippen molar-refractivity contribution in [1.29, 1.82) is 0 Å². The quantitative estimate of drug-likeness (QED) is 0.769. The lowest BCUT2D eigenvalue weighted by molar-refractivity contribution is -0.132. The minimum absolute atomic E-state index is 0.0785. The standard InChI is InChI=1S/C18H19N3O5/c1-24-18(23)14-9-13-10-20(6-7-21(13)19-14)17(22)5-3-12-2-4-15-16(8-12)26-11-25-15/h2,4,8-9H,3,5-7,10-11H2,1H3. The van der Waals surface area contributed by atoms with Gasteiger partial charge >= 0.3 is 5.97 Å². The summed E-state index contributed by atoms with van der Waals surface area (Å²) >= 11 is 0. The van der Waals surface area contributed by atoms with Crippen LogP contribution in [-0.4, -0.2) is 47.0 Å². The predicted molar refractivity (Wildman–Crippen MR) is 89.9 cm³/mol. The van der Waals surface area contributed by atoms with Gasteiger partial charge in [0.05, 0.1) is 25.9 Å². The number of ether oxygens (including phenoxy) is 3. The van der Waals surface area contributed by atoms with Gasteiger partial charge in [-0.2, -0.15) is 5.10 Å². The second kappa shape index (κ2) is 6.70. The fraction of sp³-hybridized carbons (Fsp3) is 0.389. The number of carbonyl (C=O) groups excluding carboxylic acids is 2. The molecule has 0 saturated heterocycles. The molecule has 0 N–H and O–H groups in total. The van der Waals surface area contributed by atoms with Crippen LogP contribution in [0.4, 0.5) is 0 Å². The van der Waals surface area contributed by atoms with E-state index in [-0.39, 0.29) is 18.4 Å². The van der Waals surface area contributed by atoms with Gasteiger partial charge in [0.15, 0.2) is 17.2 Å². The van der Waals surface area contributed by atoms with Crippen LogP contribution in [0.1, 0.15) is 28.2 Å². The van der Waals surface area contributed by atoms with Crippen molar-refractivity contribution in [3.8, 4) is 11.5 Å². The summed E-state index contributed by atoms with van der Waals surface area (Å²) in [5.74, 6) is 1.08. The molecule has 1 aromatic heterocycles. The van der Waals surface area contributed by atoms with Crippen LogP contribution in [0.3, 0.4) is 0 Å². The van der Waals surface area contributed by atoms with Crippen LogP contribution in [-0.2, 0) is 29.0 Å². The van der Waals surface area contributed by atoms with Crippen LogP contribution in [0.5, 0.6) is 11.5 Å². The molecule has 0 aliphatic carbocycles. The van der Waals surface area contributed by atoms with E-state index >= 15 is 0 Å². The molecule has 0 saturated carbocycles.